The molecule has 1 aliphatic carbocycles. The number of rotatable bonds is 4. The molecule has 1 aliphatic heterocycles. The van der Waals surface area contributed by atoms with E-state index in [9.17, 15) is 19.2 Å². The highest BCUT2D eigenvalue weighted by atomic mass is 16.5. The molecule has 1 saturated carbocycles. The Labute approximate surface area is 150 Å². The van der Waals surface area contributed by atoms with Gasteiger partial charge in [-0.25, -0.2) is 9.59 Å². The van der Waals surface area contributed by atoms with Crippen LogP contribution in [-0.2, 0) is 14.3 Å². The van der Waals surface area contributed by atoms with Gasteiger partial charge in [0, 0.05) is 5.69 Å². The van der Waals surface area contributed by atoms with Crippen molar-refractivity contribution in [1.82, 2.24) is 10.2 Å². The normalized spacial score (nSPS) is 18.6. The molecule has 0 radical (unpaired) electrons. The molecule has 0 bridgehead atoms. The lowest BCUT2D eigenvalue weighted by molar-refractivity contribution is -0.134. The fourth-order valence-electron chi connectivity index (χ4n) is 3.47. The first-order valence-electron chi connectivity index (χ1n) is 8.57. The third kappa shape index (κ3) is 3.40. The summed E-state index contributed by atoms with van der Waals surface area (Å²) >= 11 is 0. The summed E-state index contributed by atoms with van der Waals surface area (Å²) in [6, 6.07) is 5.63. The van der Waals surface area contributed by atoms with E-state index in [4.69, 9.17) is 0 Å². The van der Waals surface area contributed by atoms with Crippen LogP contribution in [0.25, 0.3) is 0 Å². The molecule has 0 unspecified atom stereocenters. The lowest BCUT2D eigenvalue weighted by Crippen LogP contribution is -2.48. The number of benzene rings is 1. The predicted molar refractivity (Wildman–Crippen MR) is 92.5 cm³/mol. The highest BCUT2D eigenvalue weighted by Crippen LogP contribution is 2.33. The summed E-state index contributed by atoms with van der Waals surface area (Å²) in [5.41, 5.74) is -0.0152. The Hall–Kier alpha value is -2.90. The van der Waals surface area contributed by atoms with Crippen LogP contribution in [0.5, 0.6) is 0 Å². The van der Waals surface area contributed by atoms with Crippen LogP contribution >= 0.6 is 0 Å². The molecule has 4 amide bonds. The molecule has 1 saturated heterocycles. The van der Waals surface area contributed by atoms with Gasteiger partial charge in [0.15, 0.2) is 0 Å². The molecule has 8 heteroatoms. The van der Waals surface area contributed by atoms with E-state index in [0.29, 0.717) is 24.1 Å². The highest BCUT2D eigenvalue weighted by Gasteiger charge is 2.51. The number of hydrogen-bond donors (Lipinski definition) is 2. The van der Waals surface area contributed by atoms with Crippen molar-refractivity contribution in [3.05, 3.63) is 29.8 Å². The lowest BCUT2D eigenvalue weighted by Gasteiger charge is -2.30. The fraction of sp³-hybridized carbons (Fsp3) is 0.444. The number of hydrogen-bond acceptors (Lipinski definition) is 5. The number of anilines is 1. The van der Waals surface area contributed by atoms with Gasteiger partial charge in [-0.15, -0.1) is 0 Å². The SMILES string of the molecule is COC(=O)c1ccc(NC(=O)CN2C(=O)NC3(CCCCC3)C2=O)cc1. The number of ether oxygens (including phenoxy) is 1. The molecule has 0 aromatic heterocycles. The zero-order valence-electron chi connectivity index (χ0n) is 14.5. The van der Waals surface area contributed by atoms with E-state index in [1.165, 1.54) is 19.2 Å². The second-order valence-electron chi connectivity index (χ2n) is 6.58. The van der Waals surface area contributed by atoms with Gasteiger partial charge >= 0.3 is 12.0 Å². The van der Waals surface area contributed by atoms with Crippen LogP contribution in [0, 0.1) is 0 Å². The second-order valence-corrected chi connectivity index (χ2v) is 6.58. The topological polar surface area (TPSA) is 105 Å². The van der Waals surface area contributed by atoms with E-state index in [-0.39, 0.29) is 12.5 Å². The number of imide groups is 1. The molecule has 2 aliphatic rings. The van der Waals surface area contributed by atoms with Gasteiger partial charge in [-0.05, 0) is 37.1 Å². The molecule has 138 valence electrons. The Kier molecular flexibility index (Phi) is 4.92. The van der Waals surface area contributed by atoms with Gasteiger partial charge in [-0.2, -0.15) is 0 Å². The molecular weight excluding hydrogens is 338 g/mol. The summed E-state index contributed by atoms with van der Waals surface area (Å²) in [6.45, 7) is -0.342. The van der Waals surface area contributed by atoms with Crippen molar-refractivity contribution in [2.24, 2.45) is 0 Å². The van der Waals surface area contributed by atoms with Gasteiger partial charge in [-0.1, -0.05) is 19.3 Å². The van der Waals surface area contributed by atoms with E-state index in [1.807, 2.05) is 0 Å². The van der Waals surface area contributed by atoms with Gasteiger partial charge in [-0.3, -0.25) is 14.5 Å². The molecule has 0 atom stereocenters. The van der Waals surface area contributed by atoms with Gasteiger partial charge in [0.05, 0.1) is 12.7 Å². The summed E-state index contributed by atoms with van der Waals surface area (Å²) in [4.78, 5) is 49.4. The van der Waals surface area contributed by atoms with Crippen LogP contribution in [0.2, 0.25) is 0 Å². The number of carbonyl (C=O) groups excluding carboxylic acids is 4. The van der Waals surface area contributed by atoms with Crippen LogP contribution < -0.4 is 10.6 Å². The minimum Gasteiger partial charge on any atom is -0.465 e. The Morgan fingerprint density at radius 3 is 2.42 bits per heavy atom. The van der Waals surface area contributed by atoms with E-state index in [1.54, 1.807) is 12.1 Å². The summed E-state index contributed by atoms with van der Waals surface area (Å²) in [5, 5.41) is 5.39. The molecule has 1 heterocycles. The summed E-state index contributed by atoms with van der Waals surface area (Å²) in [6.07, 6.45) is 4.06. The zero-order chi connectivity index (χ0) is 18.7. The molecular formula is C18H21N3O5. The zero-order valence-corrected chi connectivity index (χ0v) is 14.5. The van der Waals surface area contributed by atoms with Crippen molar-refractivity contribution in [3.63, 3.8) is 0 Å². The maximum atomic E-state index is 12.6. The highest BCUT2D eigenvalue weighted by molar-refractivity contribution is 6.10. The quantitative estimate of drug-likeness (QED) is 0.628. The molecule has 3 rings (SSSR count). The van der Waals surface area contributed by atoms with Crippen molar-refractivity contribution in [3.8, 4) is 0 Å². The summed E-state index contributed by atoms with van der Waals surface area (Å²) in [5.74, 6) is -1.27. The van der Waals surface area contributed by atoms with Gasteiger partial charge in [0.2, 0.25) is 5.91 Å². The number of amides is 4. The van der Waals surface area contributed by atoms with Crippen molar-refractivity contribution in [1.29, 1.82) is 0 Å². The van der Waals surface area contributed by atoms with Crippen LogP contribution in [0.4, 0.5) is 10.5 Å². The van der Waals surface area contributed by atoms with Gasteiger partial charge < -0.3 is 15.4 Å². The molecule has 2 N–H and O–H groups in total. The minimum atomic E-state index is -0.836. The monoisotopic (exact) mass is 359 g/mol. The summed E-state index contributed by atoms with van der Waals surface area (Å²) < 4.78 is 4.61. The fourth-order valence-corrected chi connectivity index (χ4v) is 3.47. The average Bonchev–Trinajstić information content (AvgIpc) is 2.86. The van der Waals surface area contributed by atoms with Gasteiger partial charge in [0.1, 0.15) is 12.1 Å². The third-order valence-corrected chi connectivity index (χ3v) is 4.84. The Bertz CT molecular complexity index is 738. The van der Waals surface area contributed by atoms with Crippen LogP contribution in [0.3, 0.4) is 0 Å². The third-order valence-electron chi connectivity index (χ3n) is 4.84. The summed E-state index contributed by atoms with van der Waals surface area (Å²) in [7, 11) is 1.29. The van der Waals surface area contributed by atoms with E-state index >= 15 is 0 Å². The first-order chi connectivity index (χ1) is 12.4. The largest absolute Gasteiger partial charge is 0.465 e. The molecule has 1 spiro atoms. The van der Waals surface area contributed by atoms with Crippen LogP contribution in [0.15, 0.2) is 24.3 Å². The number of urea groups is 1. The standard InChI is InChI=1S/C18H21N3O5/c1-26-15(23)12-5-7-13(8-6-12)19-14(22)11-21-16(24)18(20-17(21)25)9-3-2-4-10-18/h5-8H,2-4,9-11H2,1H3,(H,19,22)(H,20,25). The number of nitrogens with one attached hydrogen (secondary N) is 2. The number of nitrogens with zero attached hydrogens (tertiary/aromatic N) is 1. The molecule has 26 heavy (non-hydrogen) atoms. The Morgan fingerprint density at radius 1 is 1.15 bits per heavy atom. The maximum Gasteiger partial charge on any atom is 0.337 e. The van der Waals surface area contributed by atoms with Crippen molar-refractivity contribution >= 4 is 29.5 Å². The van der Waals surface area contributed by atoms with E-state index in [2.05, 4.69) is 15.4 Å². The smallest absolute Gasteiger partial charge is 0.337 e. The van der Waals surface area contributed by atoms with E-state index < -0.39 is 23.4 Å². The molecule has 8 nitrogen and oxygen atoms in total. The minimum absolute atomic E-state index is 0.321. The number of esters is 1. The van der Waals surface area contributed by atoms with Crippen molar-refractivity contribution in [2.75, 3.05) is 19.0 Å². The molecule has 1 aromatic rings. The predicted octanol–water partition coefficient (Wildman–Crippen LogP) is 1.67. The van der Waals surface area contributed by atoms with Crippen molar-refractivity contribution < 1.29 is 23.9 Å². The lowest BCUT2D eigenvalue weighted by atomic mass is 9.82. The van der Waals surface area contributed by atoms with Crippen molar-refractivity contribution in [2.45, 2.75) is 37.6 Å². The van der Waals surface area contributed by atoms with E-state index in [0.717, 1.165) is 24.2 Å². The Morgan fingerprint density at radius 2 is 1.81 bits per heavy atom. The Balaban J connectivity index is 1.62. The first kappa shape index (κ1) is 17.9. The number of methoxy groups -OCH3 is 1. The molecule has 2 fully saturated rings. The second kappa shape index (κ2) is 7.15. The first-order valence-corrected chi connectivity index (χ1v) is 8.57. The number of carbonyl (C=O) groups is 4. The maximum absolute atomic E-state index is 12.6. The molecule has 1 aromatic carbocycles. The van der Waals surface area contributed by atoms with Gasteiger partial charge in [0.25, 0.3) is 5.91 Å². The van der Waals surface area contributed by atoms with Crippen LogP contribution in [-0.4, -0.2) is 47.9 Å². The average molecular weight is 359 g/mol. The van der Waals surface area contributed by atoms with Crippen LogP contribution in [0.1, 0.15) is 42.5 Å².